The van der Waals surface area contributed by atoms with E-state index in [0.717, 1.165) is 33.6 Å². The summed E-state index contributed by atoms with van der Waals surface area (Å²) in [5.74, 6) is 1.90. The lowest BCUT2D eigenvalue weighted by Gasteiger charge is -2.34. The summed E-state index contributed by atoms with van der Waals surface area (Å²) in [6, 6.07) is 9.29. The Bertz CT molecular complexity index is 1020. The van der Waals surface area contributed by atoms with Crippen LogP contribution in [0.3, 0.4) is 0 Å². The van der Waals surface area contributed by atoms with Gasteiger partial charge in [0.05, 0.1) is 7.11 Å². The van der Waals surface area contributed by atoms with Gasteiger partial charge in [0.15, 0.2) is 11.5 Å². The maximum atomic E-state index is 13.2. The van der Waals surface area contributed by atoms with E-state index < -0.39 is 10.0 Å². The second-order valence-corrected chi connectivity index (χ2v) is 9.88. The highest BCUT2D eigenvalue weighted by Gasteiger charge is 2.31. The number of halogens is 1. The number of benzene rings is 2. The topological polar surface area (TPSA) is 68.3 Å². The molecule has 156 valence electrons. The van der Waals surface area contributed by atoms with Gasteiger partial charge in [-0.2, -0.15) is 4.31 Å². The fraction of sp³-hybridized carbons (Fsp3) is 0.400. The van der Waals surface area contributed by atoms with Crippen molar-refractivity contribution >= 4 is 26.0 Å². The highest BCUT2D eigenvalue weighted by atomic mass is 79.9. The quantitative estimate of drug-likeness (QED) is 0.652. The number of fused-ring (bicyclic) bond motifs is 1. The summed E-state index contributed by atoms with van der Waals surface area (Å²) in [6.07, 6.45) is 0. The van der Waals surface area contributed by atoms with E-state index in [1.54, 1.807) is 12.1 Å². The van der Waals surface area contributed by atoms with Crippen LogP contribution in [0.2, 0.25) is 0 Å². The van der Waals surface area contributed by atoms with E-state index in [4.69, 9.17) is 14.2 Å². The fourth-order valence-electron chi connectivity index (χ4n) is 3.56. The molecule has 1 fully saturated rings. The molecule has 1 saturated heterocycles. The van der Waals surface area contributed by atoms with Crippen LogP contribution in [0.5, 0.6) is 17.2 Å². The van der Waals surface area contributed by atoms with Crippen molar-refractivity contribution in [3.05, 3.63) is 45.9 Å². The number of ether oxygens (including phenoxy) is 3. The van der Waals surface area contributed by atoms with Crippen LogP contribution in [0.4, 0.5) is 0 Å². The third-order valence-corrected chi connectivity index (χ3v) is 8.01. The molecule has 7 nitrogen and oxygen atoms in total. The SMILES string of the molecule is COc1cc(C)c(Br)cc1S(=O)(=O)N1CCN(Cc2ccc3c(c2)OCO3)CC1. The predicted molar refractivity (Wildman–Crippen MR) is 112 cm³/mol. The number of hydrogen-bond donors (Lipinski definition) is 0. The number of sulfonamides is 1. The summed E-state index contributed by atoms with van der Waals surface area (Å²) < 4.78 is 44.8. The van der Waals surface area contributed by atoms with Gasteiger partial charge in [-0.3, -0.25) is 4.90 Å². The molecular formula is C20H23BrN2O5S. The zero-order valence-corrected chi connectivity index (χ0v) is 18.8. The Kier molecular flexibility index (Phi) is 5.74. The molecule has 0 aliphatic carbocycles. The first-order valence-electron chi connectivity index (χ1n) is 9.33. The lowest BCUT2D eigenvalue weighted by molar-refractivity contribution is 0.173. The third-order valence-electron chi connectivity index (χ3n) is 5.24. The minimum Gasteiger partial charge on any atom is -0.495 e. The maximum absolute atomic E-state index is 13.2. The molecule has 0 aromatic heterocycles. The van der Waals surface area contributed by atoms with E-state index in [1.165, 1.54) is 11.4 Å². The summed E-state index contributed by atoms with van der Waals surface area (Å²) in [4.78, 5) is 2.44. The minimum absolute atomic E-state index is 0.196. The van der Waals surface area contributed by atoms with Gasteiger partial charge in [-0.05, 0) is 42.3 Å². The lowest BCUT2D eigenvalue weighted by Crippen LogP contribution is -2.48. The molecule has 0 N–H and O–H groups in total. The van der Waals surface area contributed by atoms with Crippen molar-refractivity contribution in [1.29, 1.82) is 0 Å². The molecule has 0 amide bonds. The minimum atomic E-state index is -3.63. The molecule has 0 atom stereocenters. The van der Waals surface area contributed by atoms with E-state index in [2.05, 4.69) is 20.8 Å². The first-order valence-corrected chi connectivity index (χ1v) is 11.6. The molecule has 0 bridgehead atoms. The zero-order valence-electron chi connectivity index (χ0n) is 16.4. The third kappa shape index (κ3) is 4.09. The van der Waals surface area contributed by atoms with Crippen molar-refractivity contribution in [2.24, 2.45) is 0 Å². The number of piperazine rings is 1. The Labute approximate surface area is 179 Å². The number of rotatable bonds is 5. The Hall–Kier alpha value is -1.81. The van der Waals surface area contributed by atoms with Crippen LogP contribution < -0.4 is 14.2 Å². The second-order valence-electron chi connectivity index (χ2n) is 7.12. The Morgan fingerprint density at radius 1 is 1.07 bits per heavy atom. The average Bonchev–Trinajstić information content (AvgIpc) is 3.18. The first-order chi connectivity index (χ1) is 13.9. The number of methoxy groups -OCH3 is 1. The maximum Gasteiger partial charge on any atom is 0.246 e. The van der Waals surface area contributed by atoms with Crippen LogP contribution in [-0.2, 0) is 16.6 Å². The summed E-state index contributed by atoms with van der Waals surface area (Å²) in [5, 5.41) is 0. The lowest BCUT2D eigenvalue weighted by atomic mass is 10.2. The largest absolute Gasteiger partial charge is 0.495 e. The molecular weight excluding hydrogens is 460 g/mol. The van der Waals surface area contributed by atoms with E-state index in [0.29, 0.717) is 31.9 Å². The predicted octanol–water partition coefficient (Wildman–Crippen LogP) is 3.00. The summed E-state index contributed by atoms with van der Waals surface area (Å²) in [6.45, 7) is 5.07. The molecule has 2 aliphatic rings. The van der Waals surface area contributed by atoms with Gasteiger partial charge < -0.3 is 14.2 Å². The Balaban J connectivity index is 1.44. The molecule has 29 heavy (non-hydrogen) atoms. The van der Waals surface area contributed by atoms with Gasteiger partial charge in [0, 0.05) is 37.2 Å². The molecule has 9 heteroatoms. The van der Waals surface area contributed by atoms with Crippen LogP contribution in [0.1, 0.15) is 11.1 Å². The zero-order chi connectivity index (χ0) is 20.6. The van der Waals surface area contributed by atoms with E-state index in [1.807, 2.05) is 25.1 Å². The summed E-state index contributed by atoms with van der Waals surface area (Å²) >= 11 is 3.43. The molecule has 2 aromatic rings. The van der Waals surface area contributed by atoms with Crippen molar-refractivity contribution in [1.82, 2.24) is 9.21 Å². The molecule has 0 saturated carbocycles. The van der Waals surface area contributed by atoms with Crippen LogP contribution in [0.25, 0.3) is 0 Å². The monoisotopic (exact) mass is 482 g/mol. The van der Waals surface area contributed by atoms with E-state index in [-0.39, 0.29) is 11.7 Å². The molecule has 0 radical (unpaired) electrons. The smallest absolute Gasteiger partial charge is 0.246 e. The fourth-order valence-corrected chi connectivity index (χ4v) is 5.64. The van der Waals surface area contributed by atoms with E-state index in [9.17, 15) is 8.42 Å². The normalized spacial score (nSPS) is 17.5. The molecule has 0 spiro atoms. The molecule has 2 heterocycles. The van der Waals surface area contributed by atoms with Gasteiger partial charge in [-0.15, -0.1) is 0 Å². The van der Waals surface area contributed by atoms with Crippen molar-refractivity contribution in [3.8, 4) is 17.2 Å². The van der Waals surface area contributed by atoms with E-state index >= 15 is 0 Å². The standard InChI is InChI=1S/C20H23BrN2O5S/c1-14-9-19(26-2)20(11-16(14)21)29(24,25)23-7-5-22(6-8-23)12-15-3-4-17-18(10-15)28-13-27-17/h3-4,9-11H,5-8,12-13H2,1-2H3. The van der Waals surface area contributed by atoms with Crippen molar-refractivity contribution < 1.29 is 22.6 Å². The van der Waals surface area contributed by atoms with Gasteiger partial charge in [0.25, 0.3) is 0 Å². The first kappa shape index (κ1) is 20.5. The molecule has 4 rings (SSSR count). The van der Waals surface area contributed by atoms with Crippen LogP contribution in [0, 0.1) is 6.92 Å². The molecule has 0 unspecified atom stereocenters. The van der Waals surface area contributed by atoms with Gasteiger partial charge in [-0.1, -0.05) is 22.0 Å². The van der Waals surface area contributed by atoms with Crippen molar-refractivity contribution in [3.63, 3.8) is 0 Å². The summed E-state index contributed by atoms with van der Waals surface area (Å²) in [7, 11) is -2.14. The number of nitrogens with zero attached hydrogens (tertiary/aromatic N) is 2. The highest BCUT2D eigenvalue weighted by molar-refractivity contribution is 9.10. The van der Waals surface area contributed by atoms with Crippen LogP contribution in [-0.4, -0.2) is 57.7 Å². The average molecular weight is 483 g/mol. The van der Waals surface area contributed by atoms with Crippen molar-refractivity contribution in [2.45, 2.75) is 18.4 Å². The van der Waals surface area contributed by atoms with Gasteiger partial charge in [-0.25, -0.2) is 8.42 Å². The number of hydrogen-bond acceptors (Lipinski definition) is 6. The van der Waals surface area contributed by atoms with Crippen LogP contribution in [0.15, 0.2) is 39.7 Å². The molecule has 2 aliphatic heterocycles. The van der Waals surface area contributed by atoms with Gasteiger partial charge in [0.2, 0.25) is 16.8 Å². The molecule has 2 aromatic carbocycles. The Morgan fingerprint density at radius 3 is 2.52 bits per heavy atom. The Morgan fingerprint density at radius 2 is 1.79 bits per heavy atom. The number of aryl methyl sites for hydroxylation is 1. The summed E-state index contributed by atoms with van der Waals surface area (Å²) in [5.41, 5.74) is 2.05. The highest BCUT2D eigenvalue weighted by Crippen LogP contribution is 2.34. The van der Waals surface area contributed by atoms with Crippen LogP contribution >= 0.6 is 15.9 Å². The van der Waals surface area contributed by atoms with Crippen molar-refractivity contribution in [2.75, 3.05) is 40.1 Å². The van der Waals surface area contributed by atoms with Gasteiger partial charge >= 0.3 is 0 Å². The second kappa shape index (κ2) is 8.14. The van der Waals surface area contributed by atoms with Gasteiger partial charge in [0.1, 0.15) is 10.6 Å².